The van der Waals surface area contributed by atoms with Gasteiger partial charge in [-0.1, -0.05) is 23.2 Å². The van der Waals surface area contributed by atoms with Crippen molar-refractivity contribution in [1.29, 1.82) is 0 Å². The zero-order valence-electron chi connectivity index (χ0n) is 14.2. The van der Waals surface area contributed by atoms with E-state index in [0.29, 0.717) is 27.5 Å². The summed E-state index contributed by atoms with van der Waals surface area (Å²) in [6, 6.07) is 1.66. The molecule has 1 spiro atoms. The Balaban J connectivity index is 0.00000121. The SMILES string of the molecule is Cl.Cl.O=C(Cc1cn2cc(Cl)cc(Cl)c2n1)N1CCC2(CCNC2)CC1. The van der Waals surface area contributed by atoms with Crippen LogP contribution in [0.2, 0.25) is 10.0 Å². The Kier molecular flexibility index (Phi) is 7.08. The summed E-state index contributed by atoms with van der Waals surface area (Å²) in [6.45, 7) is 3.90. The zero-order valence-corrected chi connectivity index (χ0v) is 17.4. The average Bonchev–Trinajstić information content (AvgIpc) is 3.15. The first-order valence-electron chi connectivity index (χ1n) is 8.36. The van der Waals surface area contributed by atoms with Gasteiger partial charge in [-0.3, -0.25) is 4.79 Å². The molecule has 2 fully saturated rings. The van der Waals surface area contributed by atoms with Crippen LogP contribution in [0.3, 0.4) is 0 Å². The maximum Gasteiger partial charge on any atom is 0.228 e. The maximum atomic E-state index is 12.6. The van der Waals surface area contributed by atoms with Crippen LogP contribution in [0.4, 0.5) is 0 Å². The van der Waals surface area contributed by atoms with Gasteiger partial charge in [-0.05, 0) is 37.3 Å². The third kappa shape index (κ3) is 4.23. The van der Waals surface area contributed by atoms with Crippen molar-refractivity contribution >= 4 is 59.6 Å². The molecule has 1 N–H and O–H groups in total. The van der Waals surface area contributed by atoms with Crippen LogP contribution in [0, 0.1) is 5.41 Å². The van der Waals surface area contributed by atoms with Crippen molar-refractivity contribution < 1.29 is 4.79 Å². The molecule has 0 radical (unpaired) electrons. The van der Waals surface area contributed by atoms with Crippen molar-refractivity contribution in [2.75, 3.05) is 26.2 Å². The molecule has 1 amide bonds. The second-order valence-electron chi connectivity index (χ2n) is 6.95. The highest BCUT2D eigenvalue weighted by Gasteiger charge is 2.38. The predicted molar refractivity (Wildman–Crippen MR) is 109 cm³/mol. The van der Waals surface area contributed by atoms with Crippen LogP contribution in [0.5, 0.6) is 0 Å². The van der Waals surface area contributed by atoms with E-state index in [2.05, 4.69) is 10.3 Å². The van der Waals surface area contributed by atoms with Crippen LogP contribution in [0.25, 0.3) is 5.65 Å². The molecule has 0 bridgehead atoms. The Morgan fingerprint density at radius 2 is 1.92 bits per heavy atom. The molecule has 2 aliphatic heterocycles. The van der Waals surface area contributed by atoms with E-state index in [9.17, 15) is 4.79 Å². The number of nitrogens with one attached hydrogen (secondary N) is 1. The van der Waals surface area contributed by atoms with Crippen molar-refractivity contribution in [3.63, 3.8) is 0 Å². The average molecular weight is 440 g/mol. The highest BCUT2D eigenvalue weighted by atomic mass is 35.5. The smallest absolute Gasteiger partial charge is 0.228 e. The van der Waals surface area contributed by atoms with Gasteiger partial charge in [-0.25, -0.2) is 4.98 Å². The number of amides is 1. The standard InChI is InChI=1S/C17H20Cl2N4O.2ClH/c18-12-7-14(19)16-21-13(10-23(16)9-12)8-15(24)22-5-2-17(3-6-22)1-4-20-11-17;;/h7,9-10,20H,1-6,8,11H2;2*1H. The summed E-state index contributed by atoms with van der Waals surface area (Å²) < 4.78 is 1.78. The Bertz CT molecular complexity index is 778. The minimum atomic E-state index is 0. The van der Waals surface area contributed by atoms with E-state index in [1.807, 2.05) is 11.1 Å². The number of hydrogen-bond donors (Lipinski definition) is 1. The Hall–Kier alpha value is -0.720. The molecule has 2 aliphatic rings. The maximum absolute atomic E-state index is 12.6. The molecule has 2 aromatic rings. The van der Waals surface area contributed by atoms with Crippen LogP contribution >= 0.6 is 48.0 Å². The number of nitrogens with zero attached hydrogens (tertiary/aromatic N) is 3. The Morgan fingerprint density at radius 3 is 2.58 bits per heavy atom. The van der Waals surface area contributed by atoms with E-state index >= 15 is 0 Å². The van der Waals surface area contributed by atoms with Gasteiger partial charge in [0.2, 0.25) is 5.91 Å². The molecule has 0 unspecified atom stereocenters. The molecule has 4 heterocycles. The molecular formula is C17H22Cl4N4O. The lowest BCUT2D eigenvalue weighted by molar-refractivity contribution is -0.132. The van der Waals surface area contributed by atoms with Gasteiger partial charge >= 0.3 is 0 Å². The van der Waals surface area contributed by atoms with Crippen LogP contribution < -0.4 is 5.32 Å². The number of piperidine rings is 1. The lowest BCUT2D eigenvalue weighted by Gasteiger charge is -2.38. The van der Waals surface area contributed by atoms with Gasteiger partial charge in [-0.15, -0.1) is 24.8 Å². The summed E-state index contributed by atoms with van der Waals surface area (Å²) >= 11 is 12.2. The fraction of sp³-hybridized carbons (Fsp3) is 0.529. The summed E-state index contributed by atoms with van der Waals surface area (Å²) in [5.41, 5.74) is 1.79. The number of aromatic nitrogens is 2. The molecule has 4 rings (SSSR count). The van der Waals surface area contributed by atoms with Gasteiger partial charge in [0.25, 0.3) is 0 Å². The van der Waals surface area contributed by atoms with Crippen LogP contribution in [0.1, 0.15) is 25.0 Å². The number of likely N-dealkylation sites (tertiary alicyclic amines) is 1. The molecule has 144 valence electrons. The minimum absolute atomic E-state index is 0. The van der Waals surface area contributed by atoms with Crippen molar-refractivity contribution in [1.82, 2.24) is 19.6 Å². The van der Waals surface area contributed by atoms with Crippen LogP contribution in [-0.2, 0) is 11.2 Å². The molecule has 5 nitrogen and oxygen atoms in total. The topological polar surface area (TPSA) is 49.6 Å². The van der Waals surface area contributed by atoms with Crippen molar-refractivity contribution in [2.45, 2.75) is 25.7 Å². The number of rotatable bonds is 2. The molecule has 0 atom stereocenters. The number of halogens is 4. The number of hydrogen-bond acceptors (Lipinski definition) is 3. The van der Waals surface area contributed by atoms with Crippen molar-refractivity contribution in [3.05, 3.63) is 34.2 Å². The zero-order chi connectivity index (χ0) is 16.7. The monoisotopic (exact) mass is 438 g/mol. The highest BCUT2D eigenvalue weighted by Crippen LogP contribution is 2.37. The lowest BCUT2D eigenvalue weighted by Crippen LogP contribution is -2.44. The Morgan fingerprint density at radius 1 is 1.19 bits per heavy atom. The van der Waals surface area contributed by atoms with Gasteiger partial charge < -0.3 is 14.6 Å². The van der Waals surface area contributed by atoms with Gasteiger partial charge in [0, 0.05) is 32.0 Å². The van der Waals surface area contributed by atoms with Gasteiger partial charge in [-0.2, -0.15) is 0 Å². The van der Waals surface area contributed by atoms with Crippen molar-refractivity contribution in [3.8, 4) is 0 Å². The molecule has 26 heavy (non-hydrogen) atoms. The highest BCUT2D eigenvalue weighted by molar-refractivity contribution is 6.36. The second-order valence-corrected chi connectivity index (χ2v) is 7.80. The first-order valence-corrected chi connectivity index (χ1v) is 9.11. The largest absolute Gasteiger partial charge is 0.342 e. The van der Waals surface area contributed by atoms with E-state index in [-0.39, 0.29) is 30.7 Å². The quantitative estimate of drug-likeness (QED) is 0.777. The van der Waals surface area contributed by atoms with E-state index in [1.165, 1.54) is 6.42 Å². The third-order valence-corrected chi connectivity index (χ3v) is 5.85. The summed E-state index contributed by atoms with van der Waals surface area (Å²) in [4.78, 5) is 19.0. The van der Waals surface area contributed by atoms with E-state index in [4.69, 9.17) is 23.2 Å². The summed E-state index contributed by atoms with van der Waals surface area (Å²) in [7, 11) is 0. The van der Waals surface area contributed by atoms with Gasteiger partial charge in [0.1, 0.15) is 0 Å². The fourth-order valence-corrected chi connectivity index (χ4v) is 4.41. The molecule has 0 aliphatic carbocycles. The Labute approximate surface area is 175 Å². The summed E-state index contributed by atoms with van der Waals surface area (Å²) in [6.07, 6.45) is 7.32. The number of imidazole rings is 1. The van der Waals surface area contributed by atoms with E-state index < -0.39 is 0 Å². The second kappa shape index (κ2) is 8.53. The third-order valence-electron chi connectivity index (χ3n) is 5.36. The molecule has 0 saturated carbocycles. The molecule has 9 heteroatoms. The first kappa shape index (κ1) is 21.6. The minimum Gasteiger partial charge on any atom is -0.342 e. The van der Waals surface area contributed by atoms with Crippen LogP contribution in [0.15, 0.2) is 18.5 Å². The number of fused-ring (bicyclic) bond motifs is 1. The molecular weight excluding hydrogens is 418 g/mol. The van der Waals surface area contributed by atoms with Gasteiger partial charge in [0.05, 0.1) is 22.2 Å². The summed E-state index contributed by atoms with van der Waals surface area (Å²) in [5.74, 6) is 0.140. The number of carbonyl (C=O) groups is 1. The van der Waals surface area contributed by atoms with E-state index in [0.717, 1.165) is 44.7 Å². The van der Waals surface area contributed by atoms with E-state index in [1.54, 1.807) is 16.7 Å². The summed E-state index contributed by atoms with van der Waals surface area (Å²) in [5, 5.41) is 4.50. The van der Waals surface area contributed by atoms with Crippen LogP contribution in [-0.4, -0.2) is 46.4 Å². The van der Waals surface area contributed by atoms with Gasteiger partial charge in [0.15, 0.2) is 5.65 Å². The number of pyridine rings is 1. The number of carbonyl (C=O) groups excluding carboxylic acids is 1. The van der Waals surface area contributed by atoms with Crippen molar-refractivity contribution in [2.24, 2.45) is 5.41 Å². The molecule has 0 aromatic carbocycles. The fourth-order valence-electron chi connectivity index (χ4n) is 3.88. The molecule has 2 saturated heterocycles. The first-order chi connectivity index (χ1) is 11.5. The lowest BCUT2D eigenvalue weighted by atomic mass is 9.78. The predicted octanol–water partition coefficient (Wildman–Crippen LogP) is 3.63. The normalized spacial score (nSPS) is 18.6. The molecule has 2 aromatic heterocycles.